The van der Waals surface area contributed by atoms with Crippen LogP contribution in [-0.4, -0.2) is 10.4 Å². The van der Waals surface area contributed by atoms with Crippen molar-refractivity contribution in [3.63, 3.8) is 0 Å². The summed E-state index contributed by atoms with van der Waals surface area (Å²) in [4.78, 5) is 12.0. The standard InChI is InChI=1S/C16H22OS/c1-3-12(2)15-11-14(18-16(15)17)10-9-13-7-5-4-6-8-13/h4-8,12,14-15H,3,9-11H2,1-2H3/t12-,14+,15-/m0/s1. The van der Waals surface area contributed by atoms with Crippen LogP contribution in [0.2, 0.25) is 0 Å². The minimum atomic E-state index is 0.306. The van der Waals surface area contributed by atoms with E-state index in [0.717, 1.165) is 25.7 Å². The molecule has 1 nitrogen and oxygen atoms in total. The maximum atomic E-state index is 12.0. The van der Waals surface area contributed by atoms with E-state index in [0.29, 0.717) is 22.2 Å². The van der Waals surface area contributed by atoms with Crippen LogP contribution in [0.1, 0.15) is 38.7 Å². The van der Waals surface area contributed by atoms with Crippen molar-refractivity contribution in [2.24, 2.45) is 11.8 Å². The maximum Gasteiger partial charge on any atom is 0.192 e. The van der Waals surface area contributed by atoms with Crippen LogP contribution in [0, 0.1) is 11.8 Å². The van der Waals surface area contributed by atoms with E-state index in [1.165, 1.54) is 5.56 Å². The summed E-state index contributed by atoms with van der Waals surface area (Å²) in [6.07, 6.45) is 4.43. The Labute approximate surface area is 114 Å². The van der Waals surface area contributed by atoms with E-state index in [2.05, 4.69) is 44.2 Å². The molecule has 1 aromatic carbocycles. The largest absolute Gasteiger partial charge is 0.287 e. The quantitative estimate of drug-likeness (QED) is 0.786. The fourth-order valence-electron chi connectivity index (χ4n) is 2.58. The predicted octanol–water partition coefficient (Wildman–Crippen LogP) is 4.31. The van der Waals surface area contributed by atoms with Gasteiger partial charge in [0.2, 0.25) is 0 Å². The highest BCUT2D eigenvalue weighted by molar-refractivity contribution is 8.14. The average Bonchev–Trinajstić information content (AvgIpc) is 2.78. The number of hydrogen-bond donors (Lipinski definition) is 0. The second-order valence-corrected chi connectivity index (χ2v) is 6.62. The van der Waals surface area contributed by atoms with Crippen molar-refractivity contribution in [1.82, 2.24) is 0 Å². The Morgan fingerprint density at radius 3 is 2.72 bits per heavy atom. The van der Waals surface area contributed by atoms with Gasteiger partial charge in [0.05, 0.1) is 0 Å². The summed E-state index contributed by atoms with van der Waals surface area (Å²) in [5.74, 6) is 0.854. The summed E-state index contributed by atoms with van der Waals surface area (Å²) in [5.41, 5.74) is 1.39. The van der Waals surface area contributed by atoms with Crippen molar-refractivity contribution < 1.29 is 4.79 Å². The fraction of sp³-hybridized carbons (Fsp3) is 0.562. The van der Waals surface area contributed by atoms with Crippen molar-refractivity contribution in [3.8, 4) is 0 Å². The molecule has 1 fully saturated rings. The summed E-state index contributed by atoms with van der Waals surface area (Å²) in [6, 6.07) is 10.6. The molecule has 1 heterocycles. The van der Waals surface area contributed by atoms with Gasteiger partial charge in [0.15, 0.2) is 5.12 Å². The summed E-state index contributed by atoms with van der Waals surface area (Å²) in [5, 5.41) is 0.971. The van der Waals surface area contributed by atoms with Gasteiger partial charge in [0.25, 0.3) is 0 Å². The SMILES string of the molecule is CC[C@H](C)[C@@H]1C[C@@H](CCc2ccccc2)SC1=O. The molecule has 3 atom stereocenters. The van der Waals surface area contributed by atoms with Gasteiger partial charge in [-0.1, -0.05) is 62.4 Å². The van der Waals surface area contributed by atoms with E-state index in [4.69, 9.17) is 0 Å². The van der Waals surface area contributed by atoms with Crippen molar-refractivity contribution in [3.05, 3.63) is 35.9 Å². The van der Waals surface area contributed by atoms with Gasteiger partial charge in [-0.15, -0.1) is 0 Å². The Bertz CT molecular complexity index is 387. The monoisotopic (exact) mass is 262 g/mol. The lowest BCUT2D eigenvalue weighted by molar-refractivity contribution is -0.115. The zero-order valence-corrected chi connectivity index (χ0v) is 12.1. The van der Waals surface area contributed by atoms with Crippen molar-refractivity contribution in [1.29, 1.82) is 0 Å². The fourth-order valence-corrected chi connectivity index (χ4v) is 3.95. The highest BCUT2D eigenvalue weighted by Gasteiger charge is 2.35. The first-order valence-corrected chi connectivity index (χ1v) is 7.83. The van der Waals surface area contributed by atoms with Crippen LogP contribution in [-0.2, 0) is 11.2 Å². The maximum absolute atomic E-state index is 12.0. The third-order valence-electron chi connectivity index (χ3n) is 4.03. The Morgan fingerprint density at radius 2 is 2.06 bits per heavy atom. The molecule has 0 amide bonds. The van der Waals surface area contributed by atoms with Crippen LogP contribution >= 0.6 is 11.8 Å². The summed E-state index contributed by atoms with van der Waals surface area (Å²) in [7, 11) is 0. The number of aryl methyl sites for hydroxylation is 1. The van der Waals surface area contributed by atoms with Crippen LogP contribution in [0.4, 0.5) is 0 Å². The van der Waals surface area contributed by atoms with Gasteiger partial charge in [-0.05, 0) is 30.7 Å². The van der Waals surface area contributed by atoms with Gasteiger partial charge in [0, 0.05) is 11.2 Å². The number of carbonyl (C=O) groups excluding carboxylic acids is 1. The first-order chi connectivity index (χ1) is 8.70. The molecule has 0 aromatic heterocycles. The Balaban J connectivity index is 1.84. The van der Waals surface area contributed by atoms with Gasteiger partial charge >= 0.3 is 0 Å². The number of carbonyl (C=O) groups is 1. The van der Waals surface area contributed by atoms with E-state index in [1.807, 2.05) is 0 Å². The first-order valence-electron chi connectivity index (χ1n) is 6.95. The summed E-state index contributed by atoms with van der Waals surface area (Å²) < 4.78 is 0. The van der Waals surface area contributed by atoms with E-state index in [1.54, 1.807) is 11.8 Å². The molecule has 0 radical (unpaired) electrons. The van der Waals surface area contributed by atoms with Crippen molar-refractivity contribution >= 4 is 16.9 Å². The Kier molecular flexibility index (Phi) is 4.87. The van der Waals surface area contributed by atoms with Gasteiger partial charge in [-0.2, -0.15) is 0 Å². The normalized spacial score (nSPS) is 25.3. The highest BCUT2D eigenvalue weighted by atomic mass is 32.2. The van der Waals surface area contributed by atoms with Gasteiger partial charge < -0.3 is 0 Å². The predicted molar refractivity (Wildman–Crippen MR) is 78.7 cm³/mol. The van der Waals surface area contributed by atoms with Crippen LogP contribution in [0.3, 0.4) is 0 Å². The smallest absolute Gasteiger partial charge is 0.192 e. The highest BCUT2D eigenvalue weighted by Crippen LogP contribution is 2.40. The lowest BCUT2D eigenvalue weighted by Crippen LogP contribution is -2.14. The molecular weight excluding hydrogens is 240 g/mol. The topological polar surface area (TPSA) is 17.1 Å². The molecular formula is C16H22OS. The molecule has 0 bridgehead atoms. The second-order valence-electron chi connectivity index (χ2n) is 5.31. The van der Waals surface area contributed by atoms with Crippen molar-refractivity contribution in [2.75, 3.05) is 0 Å². The molecule has 0 N–H and O–H groups in total. The molecule has 1 saturated heterocycles. The van der Waals surface area contributed by atoms with Crippen LogP contribution < -0.4 is 0 Å². The van der Waals surface area contributed by atoms with Crippen LogP contribution in [0.5, 0.6) is 0 Å². The summed E-state index contributed by atoms with van der Waals surface area (Å²) >= 11 is 1.60. The van der Waals surface area contributed by atoms with Crippen molar-refractivity contribution in [2.45, 2.75) is 44.8 Å². The van der Waals surface area contributed by atoms with Gasteiger partial charge in [-0.3, -0.25) is 4.79 Å². The lowest BCUT2D eigenvalue weighted by atomic mass is 9.88. The Hall–Kier alpha value is -0.760. The summed E-state index contributed by atoms with van der Waals surface area (Å²) in [6.45, 7) is 4.39. The second kappa shape index (κ2) is 6.42. The average molecular weight is 262 g/mol. The van der Waals surface area contributed by atoms with E-state index in [-0.39, 0.29) is 0 Å². The zero-order valence-electron chi connectivity index (χ0n) is 11.3. The molecule has 1 aromatic rings. The molecule has 0 aliphatic carbocycles. The van der Waals surface area contributed by atoms with Crippen LogP contribution in [0.15, 0.2) is 30.3 Å². The van der Waals surface area contributed by atoms with Crippen LogP contribution in [0.25, 0.3) is 0 Å². The lowest BCUT2D eigenvalue weighted by Gasteiger charge is -2.15. The van der Waals surface area contributed by atoms with E-state index < -0.39 is 0 Å². The molecule has 1 aliphatic rings. The molecule has 2 heteroatoms. The van der Waals surface area contributed by atoms with Gasteiger partial charge in [0.1, 0.15) is 0 Å². The minimum Gasteiger partial charge on any atom is -0.287 e. The molecule has 98 valence electrons. The number of rotatable bonds is 5. The molecule has 1 aliphatic heterocycles. The minimum absolute atomic E-state index is 0.306. The first kappa shape index (κ1) is 13.7. The Morgan fingerprint density at radius 1 is 1.33 bits per heavy atom. The van der Waals surface area contributed by atoms with E-state index in [9.17, 15) is 4.79 Å². The molecule has 18 heavy (non-hydrogen) atoms. The third-order valence-corrected chi connectivity index (χ3v) is 5.33. The number of benzene rings is 1. The number of hydrogen-bond acceptors (Lipinski definition) is 2. The molecule has 2 rings (SSSR count). The van der Waals surface area contributed by atoms with E-state index >= 15 is 0 Å². The zero-order chi connectivity index (χ0) is 13.0. The molecule has 0 saturated carbocycles. The molecule has 0 unspecified atom stereocenters. The third kappa shape index (κ3) is 3.38. The molecule has 0 spiro atoms. The van der Waals surface area contributed by atoms with Gasteiger partial charge in [-0.25, -0.2) is 0 Å². The number of thioether (sulfide) groups is 1.